The highest BCUT2D eigenvalue weighted by molar-refractivity contribution is 4.83. The van der Waals surface area contributed by atoms with E-state index in [1.54, 1.807) is 0 Å². The molecule has 1 aliphatic carbocycles. The van der Waals surface area contributed by atoms with Gasteiger partial charge in [-0.05, 0) is 31.6 Å². The fourth-order valence-corrected chi connectivity index (χ4v) is 2.03. The van der Waals surface area contributed by atoms with Gasteiger partial charge in [-0.25, -0.2) is 0 Å². The van der Waals surface area contributed by atoms with Gasteiger partial charge in [0.25, 0.3) is 0 Å². The van der Waals surface area contributed by atoms with Gasteiger partial charge in [-0.3, -0.25) is 0 Å². The Labute approximate surface area is 88.4 Å². The molecule has 0 heterocycles. The quantitative estimate of drug-likeness (QED) is 0.708. The first-order chi connectivity index (χ1) is 7.12. The molecule has 1 atom stereocenters. The van der Waals surface area contributed by atoms with E-state index in [-0.39, 0.29) is 25.7 Å². The molecule has 1 aliphatic rings. The van der Waals surface area contributed by atoms with E-state index in [1.807, 2.05) is 0 Å². The summed E-state index contributed by atoms with van der Waals surface area (Å²) >= 11 is 0. The molecule has 1 N–H and O–H groups in total. The topological polar surface area (TPSA) is 20.2 Å². The van der Waals surface area contributed by atoms with E-state index in [4.69, 9.17) is 5.11 Å². The van der Waals surface area contributed by atoms with E-state index < -0.39 is 30.3 Å². The third kappa shape index (κ3) is 3.26. The number of hydrogen-bond acceptors (Lipinski definition) is 1. The van der Waals surface area contributed by atoms with E-state index in [0.29, 0.717) is 0 Å². The zero-order chi connectivity index (χ0) is 12.6. The highest BCUT2D eigenvalue weighted by Gasteiger charge is 2.47. The second-order valence-electron chi connectivity index (χ2n) is 4.14. The molecule has 0 aliphatic heterocycles. The Balaban J connectivity index is 2.50. The van der Waals surface area contributed by atoms with Crippen LogP contribution in [0.1, 0.15) is 25.7 Å². The minimum Gasteiger partial charge on any atom is -0.383 e. The van der Waals surface area contributed by atoms with Crippen LogP contribution < -0.4 is 0 Å². The molecule has 0 aromatic rings. The Morgan fingerprint density at radius 1 is 0.875 bits per heavy atom. The van der Waals surface area contributed by atoms with Crippen LogP contribution in [0.5, 0.6) is 0 Å². The average molecular weight is 250 g/mol. The smallest absolute Gasteiger partial charge is 0.383 e. The molecule has 1 nitrogen and oxygen atoms in total. The lowest BCUT2D eigenvalue weighted by molar-refractivity contribution is -0.229. The van der Waals surface area contributed by atoms with Gasteiger partial charge >= 0.3 is 12.4 Å². The molecule has 1 saturated carbocycles. The monoisotopic (exact) mass is 250 g/mol. The molecule has 1 rings (SSSR count). The van der Waals surface area contributed by atoms with Gasteiger partial charge in [-0.2, -0.15) is 26.3 Å². The van der Waals surface area contributed by atoms with Crippen molar-refractivity contribution in [2.75, 3.05) is 0 Å². The maximum Gasteiger partial charge on any atom is 0.414 e. The van der Waals surface area contributed by atoms with Crippen molar-refractivity contribution in [3.63, 3.8) is 0 Å². The van der Waals surface area contributed by atoms with Gasteiger partial charge in [0.1, 0.15) is 0 Å². The van der Waals surface area contributed by atoms with Crippen molar-refractivity contribution in [3.8, 4) is 0 Å². The average Bonchev–Trinajstić information content (AvgIpc) is 2.14. The SMILES string of the molecule is OC(C1CCC(C(F)(F)F)CC1)C(F)(F)F. The molecule has 0 aromatic heterocycles. The highest BCUT2D eigenvalue weighted by atomic mass is 19.4. The summed E-state index contributed by atoms with van der Waals surface area (Å²) in [6, 6.07) is 0. The summed E-state index contributed by atoms with van der Waals surface area (Å²) in [6.45, 7) is 0. The molecule has 96 valence electrons. The third-order valence-corrected chi connectivity index (χ3v) is 3.02. The summed E-state index contributed by atoms with van der Waals surface area (Å²) in [4.78, 5) is 0. The molecule has 0 radical (unpaired) electrons. The van der Waals surface area contributed by atoms with Crippen molar-refractivity contribution in [1.82, 2.24) is 0 Å². The summed E-state index contributed by atoms with van der Waals surface area (Å²) in [6.07, 6.45) is -12.7. The Hall–Kier alpha value is -0.460. The fraction of sp³-hybridized carbons (Fsp3) is 1.00. The van der Waals surface area contributed by atoms with E-state index in [9.17, 15) is 26.3 Å². The van der Waals surface area contributed by atoms with Crippen molar-refractivity contribution in [1.29, 1.82) is 0 Å². The zero-order valence-electron chi connectivity index (χ0n) is 8.28. The summed E-state index contributed by atoms with van der Waals surface area (Å²) in [5.74, 6) is -2.62. The second-order valence-corrected chi connectivity index (χ2v) is 4.14. The van der Waals surface area contributed by atoms with Gasteiger partial charge in [-0.15, -0.1) is 0 Å². The summed E-state index contributed by atoms with van der Waals surface area (Å²) in [5, 5.41) is 8.89. The van der Waals surface area contributed by atoms with Gasteiger partial charge in [0.15, 0.2) is 6.10 Å². The molecule has 0 saturated heterocycles. The lowest BCUT2D eigenvalue weighted by Crippen LogP contribution is -2.39. The molecule has 1 fully saturated rings. The predicted octanol–water partition coefficient (Wildman–Crippen LogP) is 3.28. The van der Waals surface area contributed by atoms with Gasteiger partial charge in [-0.1, -0.05) is 0 Å². The van der Waals surface area contributed by atoms with Crippen LogP contribution in [0.4, 0.5) is 26.3 Å². The Morgan fingerprint density at radius 2 is 1.31 bits per heavy atom. The summed E-state index contributed by atoms with van der Waals surface area (Å²) < 4.78 is 72.9. The Bertz CT molecular complexity index is 225. The van der Waals surface area contributed by atoms with Crippen LogP contribution in [0.2, 0.25) is 0 Å². The van der Waals surface area contributed by atoms with Crippen LogP contribution in [0.25, 0.3) is 0 Å². The van der Waals surface area contributed by atoms with Crippen LogP contribution in [0, 0.1) is 11.8 Å². The largest absolute Gasteiger partial charge is 0.414 e. The minimum atomic E-state index is -4.74. The predicted molar refractivity (Wildman–Crippen MR) is 43.6 cm³/mol. The number of alkyl halides is 6. The van der Waals surface area contributed by atoms with E-state index in [0.717, 1.165) is 0 Å². The number of aliphatic hydroxyl groups is 1. The molecule has 0 amide bonds. The van der Waals surface area contributed by atoms with Gasteiger partial charge < -0.3 is 5.11 Å². The molecule has 0 aromatic carbocycles. The maximum absolute atomic E-state index is 12.2. The van der Waals surface area contributed by atoms with Gasteiger partial charge in [0.05, 0.1) is 5.92 Å². The van der Waals surface area contributed by atoms with E-state index >= 15 is 0 Å². The van der Waals surface area contributed by atoms with Crippen molar-refractivity contribution in [2.45, 2.75) is 44.1 Å². The molecule has 0 spiro atoms. The Kier molecular flexibility index (Phi) is 3.76. The Morgan fingerprint density at radius 3 is 1.62 bits per heavy atom. The number of halogens is 6. The van der Waals surface area contributed by atoms with Crippen molar-refractivity contribution < 1.29 is 31.4 Å². The lowest BCUT2D eigenvalue weighted by Gasteiger charge is -2.32. The first kappa shape index (κ1) is 13.6. The zero-order valence-corrected chi connectivity index (χ0v) is 8.28. The second kappa shape index (κ2) is 4.43. The lowest BCUT2D eigenvalue weighted by atomic mass is 9.79. The van der Waals surface area contributed by atoms with Gasteiger partial charge in [0, 0.05) is 0 Å². The molecular weight excluding hydrogens is 238 g/mol. The van der Waals surface area contributed by atoms with Gasteiger partial charge in [0.2, 0.25) is 0 Å². The van der Waals surface area contributed by atoms with Crippen LogP contribution >= 0.6 is 0 Å². The highest BCUT2D eigenvalue weighted by Crippen LogP contribution is 2.42. The molecule has 16 heavy (non-hydrogen) atoms. The molecule has 0 bridgehead atoms. The first-order valence-corrected chi connectivity index (χ1v) is 4.94. The number of rotatable bonds is 1. The van der Waals surface area contributed by atoms with Crippen molar-refractivity contribution in [3.05, 3.63) is 0 Å². The number of aliphatic hydroxyl groups excluding tert-OH is 1. The molecular formula is C9H12F6O. The fourth-order valence-electron chi connectivity index (χ4n) is 2.03. The van der Waals surface area contributed by atoms with Crippen LogP contribution in [-0.2, 0) is 0 Å². The normalized spacial score (nSPS) is 30.2. The van der Waals surface area contributed by atoms with Crippen molar-refractivity contribution in [2.24, 2.45) is 11.8 Å². The van der Waals surface area contributed by atoms with Crippen molar-refractivity contribution >= 4 is 0 Å². The first-order valence-electron chi connectivity index (χ1n) is 4.94. The summed E-state index contributed by atoms with van der Waals surface area (Å²) in [5.41, 5.74) is 0. The maximum atomic E-state index is 12.2. The number of hydrogen-bond donors (Lipinski definition) is 1. The van der Waals surface area contributed by atoms with Crippen LogP contribution in [-0.4, -0.2) is 23.6 Å². The van der Waals surface area contributed by atoms with Crippen LogP contribution in [0.3, 0.4) is 0 Å². The van der Waals surface area contributed by atoms with Crippen LogP contribution in [0.15, 0.2) is 0 Å². The summed E-state index contributed by atoms with van der Waals surface area (Å²) in [7, 11) is 0. The minimum absolute atomic E-state index is 0.231. The standard InChI is InChI=1S/C9H12F6O/c10-8(11,12)6-3-1-5(2-4-6)7(16)9(13,14)15/h5-7,16H,1-4H2. The molecule has 1 unspecified atom stereocenters. The third-order valence-electron chi connectivity index (χ3n) is 3.02. The van der Waals surface area contributed by atoms with E-state index in [2.05, 4.69) is 0 Å². The molecule has 7 heteroatoms. The van der Waals surface area contributed by atoms with E-state index in [1.165, 1.54) is 0 Å².